The number of aromatic nitrogens is 2. The van der Waals surface area contributed by atoms with E-state index < -0.39 is 0 Å². The van der Waals surface area contributed by atoms with Gasteiger partial charge in [-0.3, -0.25) is 0 Å². The second-order valence-corrected chi connectivity index (χ2v) is 4.99. The summed E-state index contributed by atoms with van der Waals surface area (Å²) in [5.41, 5.74) is 9.39. The summed E-state index contributed by atoms with van der Waals surface area (Å²) in [5.74, 6) is 0.625. The van der Waals surface area contributed by atoms with Crippen molar-refractivity contribution in [3.8, 4) is 0 Å². The van der Waals surface area contributed by atoms with Crippen LogP contribution < -0.4 is 5.73 Å². The molecule has 0 aliphatic rings. The number of nitrogen functional groups attached to an aromatic ring is 1. The quantitative estimate of drug-likeness (QED) is 0.868. The lowest BCUT2D eigenvalue weighted by atomic mass is 10.2. The topological polar surface area (TPSA) is 47.1 Å². The molecule has 0 saturated heterocycles. The second kappa shape index (κ2) is 6.06. The largest absolute Gasteiger partial charge is 0.369 e. The van der Waals surface area contributed by atoms with E-state index in [1.165, 1.54) is 5.56 Å². The van der Waals surface area contributed by atoms with Gasteiger partial charge in [-0.15, -0.1) is 0 Å². The van der Waals surface area contributed by atoms with E-state index >= 15 is 0 Å². The molecule has 0 radical (unpaired) electrons. The fourth-order valence-corrected chi connectivity index (χ4v) is 2.49. The van der Waals surface area contributed by atoms with Crippen molar-refractivity contribution in [2.75, 3.05) is 25.4 Å². The molecule has 0 bridgehead atoms. The van der Waals surface area contributed by atoms with Gasteiger partial charge >= 0.3 is 0 Å². The summed E-state index contributed by atoms with van der Waals surface area (Å²) in [7, 11) is 0. The lowest BCUT2D eigenvalue weighted by Crippen LogP contribution is -2.25. The summed E-state index contributed by atoms with van der Waals surface area (Å²) < 4.78 is 2.12. The van der Waals surface area contributed by atoms with E-state index in [-0.39, 0.29) is 0 Å². The lowest BCUT2D eigenvalue weighted by Gasteiger charge is -2.18. The number of nitrogens with zero attached hydrogens (tertiary/aromatic N) is 3. The van der Waals surface area contributed by atoms with Gasteiger partial charge in [0.2, 0.25) is 5.95 Å². The molecule has 0 atom stereocenters. The maximum absolute atomic E-state index is 6.02. The van der Waals surface area contributed by atoms with Crippen molar-refractivity contribution < 1.29 is 0 Å². The molecule has 4 nitrogen and oxygen atoms in total. The summed E-state index contributed by atoms with van der Waals surface area (Å²) in [5, 5.41) is 0. The Morgan fingerprint density at radius 2 is 2.00 bits per heavy atom. The number of aryl methyl sites for hydroxylation is 2. The summed E-state index contributed by atoms with van der Waals surface area (Å²) in [6.45, 7) is 10.7. The first kappa shape index (κ1) is 13.9. The molecule has 1 aromatic heterocycles. The molecule has 19 heavy (non-hydrogen) atoms. The number of anilines is 1. The van der Waals surface area contributed by atoms with E-state index in [0.717, 1.165) is 43.6 Å². The van der Waals surface area contributed by atoms with Gasteiger partial charge in [0.15, 0.2) is 0 Å². The van der Waals surface area contributed by atoms with Crippen LogP contribution in [0.3, 0.4) is 0 Å². The number of rotatable bonds is 6. The molecule has 0 fully saturated rings. The zero-order valence-electron chi connectivity index (χ0n) is 12.2. The standard InChI is InChI=1S/C15H24N4/c1-4-18(5-2)9-6-10-19-14-8-7-12(3)11-13(14)17-15(19)16/h7-8,11H,4-6,9-10H2,1-3H3,(H2,16,17). The SMILES string of the molecule is CCN(CC)CCCn1c(N)nc2cc(C)ccc21. The molecule has 2 aromatic rings. The normalized spacial score (nSPS) is 11.6. The molecule has 0 amide bonds. The van der Waals surface area contributed by atoms with Crippen LogP contribution in [0.15, 0.2) is 18.2 Å². The van der Waals surface area contributed by atoms with Crippen molar-refractivity contribution in [2.45, 2.75) is 33.7 Å². The van der Waals surface area contributed by atoms with Crippen molar-refractivity contribution >= 4 is 17.0 Å². The highest BCUT2D eigenvalue weighted by Gasteiger charge is 2.08. The average molecular weight is 260 g/mol. The fourth-order valence-electron chi connectivity index (χ4n) is 2.49. The van der Waals surface area contributed by atoms with Crippen molar-refractivity contribution in [3.05, 3.63) is 23.8 Å². The van der Waals surface area contributed by atoms with Crippen molar-refractivity contribution in [1.82, 2.24) is 14.5 Å². The Kier molecular flexibility index (Phi) is 4.43. The molecule has 1 aromatic carbocycles. The van der Waals surface area contributed by atoms with E-state index in [4.69, 9.17) is 5.73 Å². The van der Waals surface area contributed by atoms with Crippen LogP contribution >= 0.6 is 0 Å². The Hall–Kier alpha value is -1.55. The summed E-state index contributed by atoms with van der Waals surface area (Å²) in [4.78, 5) is 6.87. The van der Waals surface area contributed by atoms with Crippen LogP contribution in [0.2, 0.25) is 0 Å². The van der Waals surface area contributed by atoms with Crippen LogP contribution in [-0.2, 0) is 6.54 Å². The average Bonchev–Trinajstić information content (AvgIpc) is 2.70. The van der Waals surface area contributed by atoms with E-state index in [9.17, 15) is 0 Å². The van der Waals surface area contributed by atoms with Crippen molar-refractivity contribution in [3.63, 3.8) is 0 Å². The first-order valence-corrected chi connectivity index (χ1v) is 7.10. The maximum atomic E-state index is 6.02. The number of hydrogen-bond acceptors (Lipinski definition) is 3. The highest BCUT2D eigenvalue weighted by atomic mass is 15.2. The van der Waals surface area contributed by atoms with Crippen LogP contribution in [0.25, 0.3) is 11.0 Å². The predicted octanol–water partition coefficient (Wildman–Crippen LogP) is 2.66. The van der Waals surface area contributed by atoms with Gasteiger partial charge in [0.25, 0.3) is 0 Å². The lowest BCUT2D eigenvalue weighted by molar-refractivity contribution is 0.294. The molecule has 2 N–H and O–H groups in total. The molecule has 104 valence electrons. The highest BCUT2D eigenvalue weighted by Crippen LogP contribution is 2.19. The van der Waals surface area contributed by atoms with Gasteiger partial charge in [-0.05, 0) is 50.7 Å². The van der Waals surface area contributed by atoms with E-state index in [0.29, 0.717) is 5.95 Å². The van der Waals surface area contributed by atoms with E-state index in [1.54, 1.807) is 0 Å². The first-order valence-electron chi connectivity index (χ1n) is 7.10. The summed E-state index contributed by atoms with van der Waals surface area (Å²) >= 11 is 0. The minimum atomic E-state index is 0.625. The number of imidazole rings is 1. The molecular formula is C15H24N4. The molecule has 0 spiro atoms. The number of fused-ring (bicyclic) bond motifs is 1. The van der Waals surface area contributed by atoms with Crippen LogP contribution in [0.1, 0.15) is 25.8 Å². The van der Waals surface area contributed by atoms with Crippen LogP contribution in [0, 0.1) is 6.92 Å². The molecule has 0 unspecified atom stereocenters. The van der Waals surface area contributed by atoms with Gasteiger partial charge in [-0.1, -0.05) is 19.9 Å². The molecule has 0 aliphatic carbocycles. The minimum Gasteiger partial charge on any atom is -0.369 e. The Labute approximate surface area is 115 Å². The third-order valence-corrected chi connectivity index (χ3v) is 3.68. The zero-order chi connectivity index (χ0) is 13.8. The van der Waals surface area contributed by atoms with E-state index in [1.807, 2.05) is 0 Å². The molecule has 0 aliphatic heterocycles. The van der Waals surface area contributed by atoms with Crippen LogP contribution in [0.5, 0.6) is 0 Å². The smallest absolute Gasteiger partial charge is 0.201 e. The maximum Gasteiger partial charge on any atom is 0.201 e. The molecule has 0 saturated carbocycles. The molecule has 1 heterocycles. The van der Waals surface area contributed by atoms with Crippen LogP contribution in [-0.4, -0.2) is 34.1 Å². The number of nitrogens with two attached hydrogens (primary N) is 1. The van der Waals surface area contributed by atoms with Gasteiger partial charge in [0.1, 0.15) is 0 Å². The fraction of sp³-hybridized carbons (Fsp3) is 0.533. The summed E-state index contributed by atoms with van der Waals surface area (Å²) in [6.07, 6.45) is 1.10. The van der Waals surface area contributed by atoms with Crippen LogP contribution in [0.4, 0.5) is 5.95 Å². The van der Waals surface area contributed by atoms with Gasteiger partial charge in [-0.2, -0.15) is 0 Å². The minimum absolute atomic E-state index is 0.625. The second-order valence-electron chi connectivity index (χ2n) is 4.99. The molecule has 2 rings (SSSR count). The van der Waals surface area contributed by atoms with Crippen molar-refractivity contribution in [2.24, 2.45) is 0 Å². The number of benzene rings is 1. The monoisotopic (exact) mass is 260 g/mol. The Morgan fingerprint density at radius 1 is 1.26 bits per heavy atom. The number of hydrogen-bond donors (Lipinski definition) is 1. The Bertz CT molecular complexity index is 540. The van der Waals surface area contributed by atoms with Gasteiger partial charge < -0.3 is 15.2 Å². The Balaban J connectivity index is 2.10. The van der Waals surface area contributed by atoms with Gasteiger partial charge in [0, 0.05) is 6.54 Å². The summed E-state index contributed by atoms with van der Waals surface area (Å²) in [6, 6.07) is 6.32. The van der Waals surface area contributed by atoms with Crippen molar-refractivity contribution in [1.29, 1.82) is 0 Å². The Morgan fingerprint density at radius 3 is 2.68 bits per heavy atom. The zero-order valence-corrected chi connectivity index (χ0v) is 12.2. The van der Waals surface area contributed by atoms with E-state index in [2.05, 4.69) is 53.4 Å². The van der Waals surface area contributed by atoms with Gasteiger partial charge in [0.05, 0.1) is 11.0 Å². The predicted molar refractivity (Wildman–Crippen MR) is 81.3 cm³/mol. The first-order chi connectivity index (χ1) is 9.15. The molecule has 4 heteroatoms. The third kappa shape index (κ3) is 3.07. The highest BCUT2D eigenvalue weighted by molar-refractivity contribution is 5.79. The molecular weight excluding hydrogens is 236 g/mol. The third-order valence-electron chi connectivity index (χ3n) is 3.68. The van der Waals surface area contributed by atoms with Gasteiger partial charge in [-0.25, -0.2) is 4.98 Å².